The Kier molecular flexibility index (Phi) is 3.32. The third-order valence-corrected chi connectivity index (χ3v) is 2.95. The molecule has 1 aliphatic heterocycles. The molecule has 1 aliphatic rings. The van der Waals surface area contributed by atoms with Gasteiger partial charge < -0.3 is 4.74 Å². The van der Waals surface area contributed by atoms with E-state index in [4.69, 9.17) is 4.74 Å². The van der Waals surface area contributed by atoms with E-state index in [0.29, 0.717) is 18.4 Å². The summed E-state index contributed by atoms with van der Waals surface area (Å²) in [6, 6.07) is 1.40. The van der Waals surface area contributed by atoms with Crippen LogP contribution < -0.4 is 0 Å². The maximum atomic E-state index is 13.7. The molecule has 0 fully saturated rings. The second-order valence-corrected chi connectivity index (χ2v) is 4.56. The highest BCUT2D eigenvalue weighted by Crippen LogP contribution is 2.33. The van der Waals surface area contributed by atoms with Gasteiger partial charge in [-0.15, -0.1) is 0 Å². The van der Waals surface area contributed by atoms with E-state index in [9.17, 15) is 13.2 Å². The molecule has 2 rings (SSSR count). The Labute approximate surface area is 103 Å². The van der Waals surface area contributed by atoms with Crippen molar-refractivity contribution in [2.45, 2.75) is 32.2 Å². The molecule has 98 valence electrons. The maximum Gasteiger partial charge on any atom is 0.184 e. The first-order chi connectivity index (χ1) is 8.46. The largest absolute Gasteiger partial charge is 0.478 e. The van der Waals surface area contributed by atoms with Gasteiger partial charge in [0.1, 0.15) is 18.0 Å². The number of benzene rings is 1. The molecule has 18 heavy (non-hydrogen) atoms. The smallest absolute Gasteiger partial charge is 0.184 e. The summed E-state index contributed by atoms with van der Waals surface area (Å²) in [5.41, 5.74) is -0.962. The molecular formula is C13H14F3NO. The standard InChI is InChI=1S/C13H14F3NO/c1-3-4-12-17-13(2,7-18-12)8-5-10(15)11(16)6-9(8)14/h5-6H,3-4,7H2,1-2H3. The highest BCUT2D eigenvalue weighted by atomic mass is 19.2. The average Bonchev–Trinajstić information content (AvgIpc) is 2.67. The fraction of sp³-hybridized carbons (Fsp3) is 0.462. The van der Waals surface area contributed by atoms with Crippen LogP contribution in [0.25, 0.3) is 0 Å². The summed E-state index contributed by atoms with van der Waals surface area (Å²) < 4.78 is 45.1. The number of ether oxygens (including phenoxy) is 1. The van der Waals surface area contributed by atoms with Gasteiger partial charge in [0.05, 0.1) is 0 Å². The lowest BCUT2D eigenvalue weighted by atomic mass is 9.93. The molecule has 0 bridgehead atoms. The van der Waals surface area contributed by atoms with Gasteiger partial charge in [0.15, 0.2) is 17.5 Å². The molecule has 0 amide bonds. The lowest BCUT2D eigenvalue weighted by Crippen LogP contribution is -2.23. The summed E-state index contributed by atoms with van der Waals surface area (Å²) in [7, 11) is 0. The van der Waals surface area contributed by atoms with E-state index in [0.717, 1.165) is 12.5 Å². The van der Waals surface area contributed by atoms with Crippen molar-refractivity contribution in [2.24, 2.45) is 4.99 Å². The monoisotopic (exact) mass is 257 g/mol. The number of aliphatic imine (C=N–C) groups is 1. The predicted octanol–water partition coefficient (Wildman–Crippen LogP) is 3.55. The van der Waals surface area contributed by atoms with Gasteiger partial charge in [-0.3, -0.25) is 0 Å². The minimum Gasteiger partial charge on any atom is -0.478 e. The van der Waals surface area contributed by atoms with Gasteiger partial charge in [-0.25, -0.2) is 18.2 Å². The van der Waals surface area contributed by atoms with Crippen molar-refractivity contribution >= 4 is 5.90 Å². The normalized spacial score (nSPS) is 22.8. The number of hydrogen-bond acceptors (Lipinski definition) is 2. The molecule has 1 aromatic carbocycles. The molecule has 2 nitrogen and oxygen atoms in total. The predicted molar refractivity (Wildman–Crippen MR) is 62.0 cm³/mol. The van der Waals surface area contributed by atoms with Crippen LogP contribution in [0.5, 0.6) is 0 Å². The highest BCUT2D eigenvalue weighted by Gasteiger charge is 2.36. The molecule has 5 heteroatoms. The maximum absolute atomic E-state index is 13.7. The molecule has 0 saturated carbocycles. The Morgan fingerprint density at radius 2 is 1.89 bits per heavy atom. The van der Waals surface area contributed by atoms with Crippen LogP contribution >= 0.6 is 0 Å². The number of rotatable bonds is 3. The van der Waals surface area contributed by atoms with Gasteiger partial charge >= 0.3 is 0 Å². The minimum atomic E-state index is -1.20. The first-order valence-electron chi connectivity index (χ1n) is 5.83. The van der Waals surface area contributed by atoms with Crippen LogP contribution in [0, 0.1) is 17.5 Å². The van der Waals surface area contributed by atoms with Crippen LogP contribution in [0.15, 0.2) is 17.1 Å². The van der Waals surface area contributed by atoms with Crippen LogP contribution in [0.3, 0.4) is 0 Å². The first kappa shape index (κ1) is 12.9. The van der Waals surface area contributed by atoms with Gasteiger partial charge in [0, 0.05) is 18.1 Å². The SMILES string of the molecule is CCCC1=NC(C)(c2cc(F)c(F)cc2F)CO1. The molecule has 1 heterocycles. The summed E-state index contributed by atoms with van der Waals surface area (Å²) in [5, 5.41) is 0. The van der Waals surface area contributed by atoms with Crippen LogP contribution in [0.1, 0.15) is 32.3 Å². The first-order valence-corrected chi connectivity index (χ1v) is 5.83. The van der Waals surface area contributed by atoms with E-state index in [-0.39, 0.29) is 12.2 Å². The number of halogens is 3. The second kappa shape index (κ2) is 4.63. The lowest BCUT2D eigenvalue weighted by molar-refractivity contribution is 0.259. The van der Waals surface area contributed by atoms with Crippen molar-refractivity contribution in [3.63, 3.8) is 0 Å². The van der Waals surface area contributed by atoms with Crippen LogP contribution in [-0.4, -0.2) is 12.5 Å². The number of nitrogens with zero attached hydrogens (tertiary/aromatic N) is 1. The van der Waals surface area contributed by atoms with E-state index in [1.807, 2.05) is 6.92 Å². The third kappa shape index (κ3) is 2.21. The Balaban J connectivity index is 2.40. The molecule has 1 unspecified atom stereocenters. The molecular weight excluding hydrogens is 243 g/mol. The van der Waals surface area contributed by atoms with E-state index in [2.05, 4.69) is 4.99 Å². The average molecular weight is 257 g/mol. The molecule has 0 aliphatic carbocycles. The van der Waals surface area contributed by atoms with Crippen molar-refractivity contribution in [2.75, 3.05) is 6.61 Å². The van der Waals surface area contributed by atoms with E-state index in [1.165, 1.54) is 0 Å². The van der Waals surface area contributed by atoms with Crippen molar-refractivity contribution in [1.29, 1.82) is 0 Å². The molecule has 0 radical (unpaired) electrons. The van der Waals surface area contributed by atoms with E-state index < -0.39 is 23.0 Å². The zero-order chi connectivity index (χ0) is 13.3. The molecule has 0 N–H and O–H groups in total. The van der Waals surface area contributed by atoms with Gasteiger partial charge in [-0.05, 0) is 19.4 Å². The number of hydrogen-bond donors (Lipinski definition) is 0. The van der Waals surface area contributed by atoms with Gasteiger partial charge in [-0.2, -0.15) is 0 Å². The molecule has 0 saturated heterocycles. The van der Waals surface area contributed by atoms with Crippen molar-refractivity contribution < 1.29 is 17.9 Å². The highest BCUT2D eigenvalue weighted by molar-refractivity contribution is 5.78. The summed E-state index contributed by atoms with van der Waals surface area (Å²) in [6.45, 7) is 3.76. The zero-order valence-corrected chi connectivity index (χ0v) is 10.3. The fourth-order valence-corrected chi connectivity index (χ4v) is 1.98. The van der Waals surface area contributed by atoms with Crippen molar-refractivity contribution in [3.05, 3.63) is 35.1 Å². The van der Waals surface area contributed by atoms with E-state index >= 15 is 0 Å². The lowest BCUT2D eigenvalue weighted by Gasteiger charge is -2.19. The Morgan fingerprint density at radius 3 is 2.56 bits per heavy atom. The summed E-state index contributed by atoms with van der Waals surface area (Å²) in [6.07, 6.45) is 1.51. The quantitative estimate of drug-likeness (QED) is 0.759. The topological polar surface area (TPSA) is 21.6 Å². The van der Waals surface area contributed by atoms with Crippen LogP contribution in [0.4, 0.5) is 13.2 Å². The summed E-state index contributed by atoms with van der Waals surface area (Å²) >= 11 is 0. The molecule has 1 atom stereocenters. The molecule has 0 spiro atoms. The molecule has 0 aromatic heterocycles. The summed E-state index contributed by atoms with van der Waals surface area (Å²) in [4.78, 5) is 4.28. The van der Waals surface area contributed by atoms with Gasteiger partial charge in [0.25, 0.3) is 0 Å². The van der Waals surface area contributed by atoms with Crippen molar-refractivity contribution in [3.8, 4) is 0 Å². The molecule has 1 aromatic rings. The summed E-state index contributed by atoms with van der Waals surface area (Å²) in [5.74, 6) is -2.55. The Morgan fingerprint density at radius 1 is 1.22 bits per heavy atom. The Hall–Kier alpha value is -1.52. The third-order valence-electron chi connectivity index (χ3n) is 2.95. The minimum absolute atomic E-state index is 0.0208. The van der Waals surface area contributed by atoms with Crippen molar-refractivity contribution in [1.82, 2.24) is 0 Å². The fourth-order valence-electron chi connectivity index (χ4n) is 1.98. The van der Waals surface area contributed by atoms with E-state index in [1.54, 1.807) is 6.92 Å². The Bertz CT molecular complexity index is 501. The zero-order valence-electron chi connectivity index (χ0n) is 10.3. The van der Waals surface area contributed by atoms with Crippen LogP contribution in [0.2, 0.25) is 0 Å². The van der Waals surface area contributed by atoms with Gasteiger partial charge in [0.2, 0.25) is 0 Å². The van der Waals surface area contributed by atoms with Gasteiger partial charge in [-0.1, -0.05) is 6.92 Å². The van der Waals surface area contributed by atoms with Crippen LogP contribution in [-0.2, 0) is 10.3 Å². The second-order valence-electron chi connectivity index (χ2n) is 4.56.